The third-order valence-corrected chi connectivity index (χ3v) is 4.27. The molecule has 0 spiro atoms. The number of nitro benzene ring substituents is 1. The maximum atomic E-state index is 10.9. The summed E-state index contributed by atoms with van der Waals surface area (Å²) in [6.45, 7) is 0. The maximum Gasteiger partial charge on any atom is 0.273 e. The molecule has 0 aliphatic heterocycles. The molecule has 3 aliphatic carbocycles. The standard InChI is InChI=1S/C11H9NO2/c13-12(14)8-3-1-2-5-6-4-7-9(6)11(7)10(5)8/h1-3,6-7,9,11H,4H2/t6-,7+,9+,11+/m1/s1. The molecule has 4 atom stereocenters. The molecule has 1 aromatic carbocycles. The largest absolute Gasteiger partial charge is 0.273 e. The second kappa shape index (κ2) is 1.85. The van der Waals surface area contributed by atoms with Crippen LogP contribution >= 0.6 is 0 Å². The normalized spacial score (nSPS) is 39.7. The van der Waals surface area contributed by atoms with Gasteiger partial charge in [-0.1, -0.05) is 12.1 Å². The van der Waals surface area contributed by atoms with Crippen molar-refractivity contribution < 1.29 is 4.92 Å². The molecule has 0 bridgehead atoms. The molecule has 3 nitrogen and oxygen atoms in total. The van der Waals surface area contributed by atoms with Crippen molar-refractivity contribution in [3.8, 4) is 0 Å². The highest BCUT2D eigenvalue weighted by Gasteiger charge is 2.70. The fraction of sp³-hybridized carbons (Fsp3) is 0.455. The zero-order chi connectivity index (χ0) is 9.45. The summed E-state index contributed by atoms with van der Waals surface area (Å²) in [5.74, 6) is 2.80. The van der Waals surface area contributed by atoms with Gasteiger partial charge in [-0.3, -0.25) is 10.1 Å². The topological polar surface area (TPSA) is 43.1 Å². The Morgan fingerprint density at radius 1 is 1.43 bits per heavy atom. The lowest BCUT2D eigenvalue weighted by Gasteiger charge is -2.26. The fourth-order valence-electron chi connectivity index (χ4n) is 3.66. The van der Waals surface area contributed by atoms with Crippen LogP contribution in [0.2, 0.25) is 0 Å². The Morgan fingerprint density at radius 2 is 2.29 bits per heavy atom. The van der Waals surface area contributed by atoms with Crippen LogP contribution in [-0.2, 0) is 0 Å². The lowest BCUT2D eigenvalue weighted by molar-refractivity contribution is -0.385. The minimum Gasteiger partial charge on any atom is -0.258 e. The van der Waals surface area contributed by atoms with Crippen molar-refractivity contribution in [3.63, 3.8) is 0 Å². The first-order valence-electron chi connectivity index (χ1n) is 5.06. The molecule has 0 N–H and O–H groups in total. The lowest BCUT2D eigenvalue weighted by Crippen LogP contribution is -2.14. The van der Waals surface area contributed by atoms with Gasteiger partial charge in [0.2, 0.25) is 0 Å². The van der Waals surface area contributed by atoms with E-state index in [1.165, 1.54) is 12.0 Å². The Bertz CT molecular complexity index is 468. The van der Waals surface area contributed by atoms with Gasteiger partial charge in [-0.25, -0.2) is 0 Å². The van der Waals surface area contributed by atoms with E-state index in [1.54, 1.807) is 6.07 Å². The fourth-order valence-corrected chi connectivity index (χ4v) is 3.66. The van der Waals surface area contributed by atoms with Crippen molar-refractivity contribution in [1.29, 1.82) is 0 Å². The predicted molar refractivity (Wildman–Crippen MR) is 50.2 cm³/mol. The third-order valence-electron chi connectivity index (χ3n) is 4.27. The number of benzene rings is 1. The van der Waals surface area contributed by atoms with E-state index in [4.69, 9.17) is 0 Å². The molecule has 0 saturated heterocycles. The third kappa shape index (κ3) is 0.541. The van der Waals surface area contributed by atoms with Crippen molar-refractivity contribution in [2.24, 2.45) is 11.8 Å². The number of fused-ring (bicyclic) bond motifs is 4. The Balaban J connectivity index is 2.00. The summed E-state index contributed by atoms with van der Waals surface area (Å²) in [5.41, 5.74) is 2.71. The van der Waals surface area contributed by atoms with Crippen molar-refractivity contribution in [1.82, 2.24) is 0 Å². The molecule has 70 valence electrons. The lowest BCUT2D eigenvalue weighted by atomic mass is 9.78. The van der Waals surface area contributed by atoms with E-state index in [1.807, 2.05) is 6.07 Å². The summed E-state index contributed by atoms with van der Waals surface area (Å²) in [6.07, 6.45) is 1.28. The van der Waals surface area contributed by atoms with Gasteiger partial charge in [-0.2, -0.15) is 0 Å². The van der Waals surface area contributed by atoms with E-state index in [0.29, 0.717) is 17.5 Å². The second-order valence-electron chi connectivity index (χ2n) is 4.65. The molecule has 0 radical (unpaired) electrons. The van der Waals surface area contributed by atoms with Gasteiger partial charge < -0.3 is 0 Å². The van der Waals surface area contributed by atoms with Crippen LogP contribution in [0.4, 0.5) is 5.69 Å². The molecule has 2 fully saturated rings. The van der Waals surface area contributed by atoms with Gasteiger partial charge in [0.15, 0.2) is 0 Å². The second-order valence-corrected chi connectivity index (χ2v) is 4.65. The van der Waals surface area contributed by atoms with Crippen molar-refractivity contribution >= 4 is 5.69 Å². The highest BCUT2D eigenvalue weighted by Crippen LogP contribution is 2.79. The average molecular weight is 187 g/mol. The van der Waals surface area contributed by atoms with Crippen LogP contribution in [0.1, 0.15) is 29.4 Å². The number of nitro groups is 1. The van der Waals surface area contributed by atoms with Gasteiger partial charge in [-0.15, -0.1) is 0 Å². The SMILES string of the molecule is O=[N+]([O-])c1cccc2c1[C@H]1[C@H]3C[C@H]2[C@@H]31. The van der Waals surface area contributed by atoms with E-state index in [2.05, 4.69) is 6.07 Å². The van der Waals surface area contributed by atoms with Gasteiger partial charge in [0.25, 0.3) is 5.69 Å². The smallest absolute Gasteiger partial charge is 0.258 e. The first kappa shape index (κ1) is 6.98. The highest BCUT2D eigenvalue weighted by atomic mass is 16.6. The maximum absolute atomic E-state index is 10.9. The number of nitrogens with zero attached hydrogens (tertiary/aromatic N) is 1. The molecule has 2 saturated carbocycles. The van der Waals surface area contributed by atoms with Gasteiger partial charge in [0, 0.05) is 11.6 Å². The highest BCUT2D eigenvalue weighted by molar-refractivity contribution is 5.60. The van der Waals surface area contributed by atoms with Crippen molar-refractivity contribution in [2.45, 2.75) is 18.3 Å². The number of hydrogen-bond acceptors (Lipinski definition) is 2. The van der Waals surface area contributed by atoms with Crippen molar-refractivity contribution in [3.05, 3.63) is 39.4 Å². The Labute approximate surface area is 80.9 Å². The van der Waals surface area contributed by atoms with Gasteiger partial charge in [-0.05, 0) is 35.7 Å². The molecular formula is C11H9NO2. The van der Waals surface area contributed by atoms with Crippen LogP contribution in [-0.4, -0.2) is 4.92 Å². The molecule has 0 amide bonds. The predicted octanol–water partition coefficient (Wildman–Crippen LogP) is 2.43. The number of rotatable bonds is 1. The summed E-state index contributed by atoms with van der Waals surface area (Å²) in [4.78, 5) is 10.6. The average Bonchev–Trinajstić information content (AvgIpc) is 2.61. The Kier molecular flexibility index (Phi) is 0.923. The zero-order valence-corrected chi connectivity index (χ0v) is 7.51. The van der Waals surface area contributed by atoms with E-state index in [-0.39, 0.29) is 4.92 Å². The van der Waals surface area contributed by atoms with E-state index >= 15 is 0 Å². The molecule has 4 rings (SSSR count). The van der Waals surface area contributed by atoms with E-state index < -0.39 is 0 Å². The van der Waals surface area contributed by atoms with E-state index in [0.717, 1.165) is 17.4 Å². The molecule has 0 aromatic heterocycles. The Morgan fingerprint density at radius 3 is 3.07 bits per heavy atom. The summed E-state index contributed by atoms with van der Waals surface area (Å²) in [5, 5.41) is 10.9. The minimum absolute atomic E-state index is 0.223. The molecule has 0 heterocycles. The van der Waals surface area contributed by atoms with Gasteiger partial charge in [0.1, 0.15) is 0 Å². The summed E-state index contributed by atoms with van der Waals surface area (Å²) >= 11 is 0. The molecule has 3 aliphatic rings. The summed E-state index contributed by atoms with van der Waals surface area (Å²) < 4.78 is 0. The molecular weight excluding hydrogens is 178 g/mol. The first-order chi connectivity index (χ1) is 6.79. The van der Waals surface area contributed by atoms with Crippen LogP contribution in [0.5, 0.6) is 0 Å². The zero-order valence-electron chi connectivity index (χ0n) is 7.51. The quantitative estimate of drug-likeness (QED) is 0.500. The van der Waals surface area contributed by atoms with Gasteiger partial charge in [0.05, 0.1) is 4.92 Å². The first-order valence-corrected chi connectivity index (χ1v) is 5.06. The van der Waals surface area contributed by atoms with Crippen LogP contribution in [0.25, 0.3) is 0 Å². The molecule has 0 unspecified atom stereocenters. The van der Waals surface area contributed by atoms with Crippen LogP contribution < -0.4 is 0 Å². The summed E-state index contributed by atoms with van der Waals surface area (Å²) in [6, 6.07) is 5.56. The minimum atomic E-state index is -0.223. The number of hydrogen-bond donors (Lipinski definition) is 0. The van der Waals surface area contributed by atoms with Crippen LogP contribution in [0, 0.1) is 22.0 Å². The molecule has 3 heteroatoms. The van der Waals surface area contributed by atoms with Gasteiger partial charge >= 0.3 is 0 Å². The summed E-state index contributed by atoms with van der Waals surface area (Å²) in [7, 11) is 0. The van der Waals surface area contributed by atoms with Crippen molar-refractivity contribution in [2.75, 3.05) is 0 Å². The van der Waals surface area contributed by atoms with Crippen LogP contribution in [0.15, 0.2) is 18.2 Å². The molecule has 14 heavy (non-hydrogen) atoms. The monoisotopic (exact) mass is 187 g/mol. The Hall–Kier alpha value is -1.38. The van der Waals surface area contributed by atoms with Crippen LogP contribution in [0.3, 0.4) is 0 Å². The van der Waals surface area contributed by atoms with E-state index in [9.17, 15) is 10.1 Å². The molecule has 1 aromatic rings.